The molecule has 0 aliphatic heterocycles. The molecule has 0 unspecified atom stereocenters. The highest BCUT2D eigenvalue weighted by molar-refractivity contribution is 6.04. The highest BCUT2D eigenvalue weighted by Crippen LogP contribution is 2.16. The summed E-state index contributed by atoms with van der Waals surface area (Å²) in [6.07, 6.45) is 1.66. The monoisotopic (exact) mass is 331 g/mol. The van der Waals surface area contributed by atoms with E-state index in [0.29, 0.717) is 12.2 Å². The molecule has 1 aromatic heterocycles. The number of aromatic nitrogens is 1. The Balaban J connectivity index is 1.70. The van der Waals surface area contributed by atoms with Crippen molar-refractivity contribution in [3.8, 4) is 0 Å². The van der Waals surface area contributed by atoms with Gasteiger partial charge in [-0.05, 0) is 36.8 Å². The highest BCUT2D eigenvalue weighted by Gasteiger charge is 2.15. The normalized spacial score (nSPS) is 10.3. The third-order valence-electron chi connectivity index (χ3n) is 4.04. The topological polar surface area (TPSA) is 45.2 Å². The van der Waals surface area contributed by atoms with Crippen molar-refractivity contribution in [2.45, 2.75) is 13.5 Å². The van der Waals surface area contributed by atoms with Gasteiger partial charge in [0.15, 0.2) is 0 Å². The number of benzene rings is 2. The van der Waals surface area contributed by atoms with Crippen LogP contribution in [0.25, 0.3) is 0 Å². The summed E-state index contributed by atoms with van der Waals surface area (Å²) in [5, 5.41) is 3.34. The molecule has 2 aromatic carbocycles. The SMILES string of the molecule is Cc1ccc(CNc2ccnc(C(=O)N(C)c3ccccc3)c2)cc1. The number of anilines is 2. The number of hydrogen-bond donors (Lipinski definition) is 1. The van der Waals surface area contributed by atoms with Crippen molar-refractivity contribution in [3.63, 3.8) is 0 Å². The predicted octanol–water partition coefficient (Wildman–Crippen LogP) is 4.28. The maximum atomic E-state index is 12.6. The van der Waals surface area contributed by atoms with Gasteiger partial charge in [0.25, 0.3) is 5.91 Å². The summed E-state index contributed by atoms with van der Waals surface area (Å²) in [5.41, 5.74) is 4.56. The van der Waals surface area contributed by atoms with Crippen molar-refractivity contribution in [1.82, 2.24) is 4.98 Å². The number of hydrogen-bond acceptors (Lipinski definition) is 3. The van der Waals surface area contributed by atoms with E-state index >= 15 is 0 Å². The zero-order valence-electron chi connectivity index (χ0n) is 14.4. The lowest BCUT2D eigenvalue weighted by atomic mass is 10.1. The first kappa shape index (κ1) is 16.7. The second-order valence-corrected chi connectivity index (χ2v) is 5.97. The van der Waals surface area contributed by atoms with Crippen LogP contribution < -0.4 is 10.2 Å². The highest BCUT2D eigenvalue weighted by atomic mass is 16.2. The van der Waals surface area contributed by atoms with E-state index in [-0.39, 0.29) is 5.91 Å². The second kappa shape index (κ2) is 7.62. The molecule has 0 saturated heterocycles. The van der Waals surface area contributed by atoms with E-state index in [9.17, 15) is 4.79 Å². The summed E-state index contributed by atoms with van der Waals surface area (Å²) in [4.78, 5) is 18.5. The van der Waals surface area contributed by atoms with Gasteiger partial charge in [-0.25, -0.2) is 0 Å². The fraction of sp³-hybridized carbons (Fsp3) is 0.143. The van der Waals surface area contributed by atoms with E-state index in [1.54, 1.807) is 24.2 Å². The number of rotatable bonds is 5. The Labute approximate surface area is 148 Å². The fourth-order valence-corrected chi connectivity index (χ4v) is 2.51. The number of carbonyl (C=O) groups excluding carboxylic acids is 1. The van der Waals surface area contributed by atoms with Crippen LogP contribution >= 0.6 is 0 Å². The first-order valence-corrected chi connectivity index (χ1v) is 8.22. The van der Waals surface area contributed by atoms with Gasteiger partial charge < -0.3 is 10.2 Å². The lowest BCUT2D eigenvalue weighted by Crippen LogP contribution is -2.27. The summed E-state index contributed by atoms with van der Waals surface area (Å²) in [6.45, 7) is 2.77. The van der Waals surface area contributed by atoms with Crippen LogP contribution in [0.2, 0.25) is 0 Å². The molecule has 3 aromatic rings. The lowest BCUT2D eigenvalue weighted by Gasteiger charge is -2.17. The molecular formula is C21H21N3O. The van der Waals surface area contributed by atoms with Crippen LogP contribution in [0.3, 0.4) is 0 Å². The lowest BCUT2D eigenvalue weighted by molar-refractivity contribution is 0.0988. The number of aryl methyl sites for hydroxylation is 1. The van der Waals surface area contributed by atoms with E-state index in [4.69, 9.17) is 0 Å². The maximum Gasteiger partial charge on any atom is 0.276 e. The molecule has 0 bridgehead atoms. The van der Waals surface area contributed by atoms with E-state index in [2.05, 4.69) is 41.5 Å². The van der Waals surface area contributed by atoms with Crippen molar-refractivity contribution in [1.29, 1.82) is 0 Å². The molecule has 0 radical (unpaired) electrons. The van der Waals surface area contributed by atoms with Crippen LogP contribution in [0.4, 0.5) is 11.4 Å². The third kappa shape index (κ3) is 4.23. The number of amides is 1. The Kier molecular flexibility index (Phi) is 5.09. The number of pyridine rings is 1. The molecule has 4 heteroatoms. The molecule has 1 N–H and O–H groups in total. The standard InChI is InChI=1S/C21H21N3O/c1-16-8-10-17(11-9-16)15-23-18-12-13-22-20(14-18)21(25)24(2)19-6-4-3-5-7-19/h3-14H,15H2,1-2H3,(H,22,23). The van der Waals surface area contributed by atoms with Gasteiger partial charge >= 0.3 is 0 Å². The molecule has 0 spiro atoms. The Morgan fingerprint density at radius 1 is 1.04 bits per heavy atom. The molecule has 3 rings (SSSR count). The van der Waals surface area contributed by atoms with Gasteiger partial charge in [0, 0.05) is 31.2 Å². The smallest absolute Gasteiger partial charge is 0.276 e. The molecule has 0 fully saturated rings. The molecule has 1 amide bonds. The first-order chi connectivity index (χ1) is 12.1. The van der Waals surface area contributed by atoms with Crippen molar-refractivity contribution in [3.05, 3.63) is 89.7 Å². The fourth-order valence-electron chi connectivity index (χ4n) is 2.51. The molecule has 25 heavy (non-hydrogen) atoms. The largest absolute Gasteiger partial charge is 0.381 e. The molecule has 0 saturated carbocycles. The van der Waals surface area contributed by atoms with Gasteiger partial charge in [0.2, 0.25) is 0 Å². The van der Waals surface area contributed by atoms with Crippen molar-refractivity contribution >= 4 is 17.3 Å². The van der Waals surface area contributed by atoms with Gasteiger partial charge in [0.1, 0.15) is 5.69 Å². The van der Waals surface area contributed by atoms with E-state index in [1.165, 1.54) is 11.1 Å². The quantitative estimate of drug-likeness (QED) is 0.759. The zero-order valence-corrected chi connectivity index (χ0v) is 14.4. The first-order valence-electron chi connectivity index (χ1n) is 8.22. The van der Waals surface area contributed by atoms with Crippen LogP contribution in [-0.4, -0.2) is 17.9 Å². The second-order valence-electron chi connectivity index (χ2n) is 5.97. The minimum Gasteiger partial charge on any atom is -0.381 e. The van der Waals surface area contributed by atoms with Gasteiger partial charge in [-0.1, -0.05) is 48.0 Å². The maximum absolute atomic E-state index is 12.6. The Hall–Kier alpha value is -3.14. The Morgan fingerprint density at radius 2 is 1.76 bits per heavy atom. The zero-order chi connectivity index (χ0) is 17.6. The average molecular weight is 331 g/mol. The summed E-state index contributed by atoms with van der Waals surface area (Å²) < 4.78 is 0. The van der Waals surface area contributed by atoms with Crippen LogP contribution in [0, 0.1) is 6.92 Å². The predicted molar refractivity (Wildman–Crippen MR) is 102 cm³/mol. The van der Waals surface area contributed by atoms with Gasteiger partial charge in [-0.2, -0.15) is 0 Å². The van der Waals surface area contributed by atoms with Crippen LogP contribution in [0.1, 0.15) is 21.6 Å². The van der Waals surface area contributed by atoms with Crippen LogP contribution in [0.15, 0.2) is 72.9 Å². The van der Waals surface area contributed by atoms with Crippen molar-refractivity contribution in [2.24, 2.45) is 0 Å². The number of nitrogens with zero attached hydrogens (tertiary/aromatic N) is 2. The summed E-state index contributed by atoms with van der Waals surface area (Å²) in [5.74, 6) is -0.134. The molecular weight excluding hydrogens is 310 g/mol. The summed E-state index contributed by atoms with van der Waals surface area (Å²) in [6, 6.07) is 21.6. The van der Waals surface area contributed by atoms with Crippen LogP contribution in [-0.2, 0) is 6.54 Å². The molecule has 0 aliphatic rings. The minimum absolute atomic E-state index is 0.134. The molecule has 4 nitrogen and oxygen atoms in total. The molecule has 0 aliphatic carbocycles. The minimum atomic E-state index is -0.134. The van der Waals surface area contributed by atoms with Gasteiger partial charge in [-0.3, -0.25) is 9.78 Å². The number of nitrogens with one attached hydrogen (secondary N) is 1. The molecule has 1 heterocycles. The van der Waals surface area contributed by atoms with Crippen molar-refractivity contribution in [2.75, 3.05) is 17.3 Å². The van der Waals surface area contributed by atoms with Gasteiger partial charge in [-0.15, -0.1) is 0 Å². The van der Waals surface area contributed by atoms with Gasteiger partial charge in [0.05, 0.1) is 0 Å². The van der Waals surface area contributed by atoms with E-state index in [0.717, 1.165) is 11.4 Å². The number of para-hydroxylation sites is 1. The van der Waals surface area contributed by atoms with E-state index < -0.39 is 0 Å². The molecule has 0 atom stereocenters. The Bertz CT molecular complexity index is 845. The third-order valence-corrected chi connectivity index (χ3v) is 4.04. The summed E-state index contributed by atoms with van der Waals surface area (Å²) in [7, 11) is 1.76. The number of carbonyl (C=O) groups is 1. The Morgan fingerprint density at radius 3 is 2.48 bits per heavy atom. The van der Waals surface area contributed by atoms with Crippen LogP contribution in [0.5, 0.6) is 0 Å². The average Bonchev–Trinajstić information content (AvgIpc) is 2.67. The summed E-state index contributed by atoms with van der Waals surface area (Å²) >= 11 is 0. The molecule has 126 valence electrons. The van der Waals surface area contributed by atoms with Crippen molar-refractivity contribution < 1.29 is 4.79 Å². The van der Waals surface area contributed by atoms with E-state index in [1.807, 2.05) is 36.4 Å².